The number of carbonyl (C=O) groups is 2. The Morgan fingerprint density at radius 2 is 2.12 bits per heavy atom. The van der Waals surface area contributed by atoms with Crippen LogP contribution in [0.3, 0.4) is 0 Å². The average Bonchev–Trinajstić information content (AvgIpc) is 3.22. The summed E-state index contributed by atoms with van der Waals surface area (Å²) in [6, 6.07) is 9.73. The van der Waals surface area contributed by atoms with Crippen LogP contribution in [0.1, 0.15) is 17.4 Å². The number of nitrogens with zero attached hydrogens (tertiary/aromatic N) is 2. The summed E-state index contributed by atoms with van der Waals surface area (Å²) in [6.07, 6.45) is 3.18. The maximum atomic E-state index is 12.3. The molecule has 5 nitrogen and oxygen atoms in total. The maximum absolute atomic E-state index is 12.3. The van der Waals surface area contributed by atoms with Gasteiger partial charge in [-0.05, 0) is 43.0 Å². The molecule has 0 unspecified atom stereocenters. The van der Waals surface area contributed by atoms with Crippen LogP contribution in [0.5, 0.6) is 0 Å². The minimum atomic E-state index is -0.361. The minimum absolute atomic E-state index is 0.0272. The van der Waals surface area contributed by atoms with Crippen LogP contribution in [0.2, 0.25) is 0 Å². The van der Waals surface area contributed by atoms with Gasteiger partial charge >= 0.3 is 5.97 Å². The summed E-state index contributed by atoms with van der Waals surface area (Å²) < 4.78 is 7.80. The fourth-order valence-corrected chi connectivity index (χ4v) is 4.28. The number of thiophene rings is 1. The van der Waals surface area contributed by atoms with Crippen molar-refractivity contribution in [3.8, 4) is 0 Å². The molecule has 7 heteroatoms. The topological polar surface area (TPSA) is 60.7 Å². The van der Waals surface area contributed by atoms with E-state index < -0.39 is 0 Å². The number of hydrogen-bond acceptors (Lipinski definition) is 5. The van der Waals surface area contributed by atoms with Crippen molar-refractivity contribution >= 4 is 50.8 Å². The molecule has 0 saturated heterocycles. The summed E-state index contributed by atoms with van der Waals surface area (Å²) in [6.45, 7) is 4.08. The van der Waals surface area contributed by atoms with E-state index in [0.717, 1.165) is 20.7 Å². The molecule has 0 aliphatic carbocycles. The summed E-state index contributed by atoms with van der Waals surface area (Å²) in [4.78, 5) is 29.9. The predicted molar refractivity (Wildman–Crippen MR) is 105 cm³/mol. The Balaban J connectivity index is 2.02. The van der Waals surface area contributed by atoms with Gasteiger partial charge in [-0.2, -0.15) is 4.99 Å². The van der Waals surface area contributed by atoms with E-state index in [1.807, 2.05) is 42.6 Å². The van der Waals surface area contributed by atoms with Crippen LogP contribution in [0, 0.1) is 6.92 Å². The van der Waals surface area contributed by atoms with Gasteiger partial charge in [0.25, 0.3) is 5.91 Å². The van der Waals surface area contributed by atoms with E-state index in [4.69, 9.17) is 4.74 Å². The van der Waals surface area contributed by atoms with E-state index >= 15 is 0 Å². The number of para-hydroxylation sites is 1. The second-order valence-electron chi connectivity index (χ2n) is 5.50. The summed E-state index contributed by atoms with van der Waals surface area (Å²) >= 11 is 2.94. The van der Waals surface area contributed by atoms with Gasteiger partial charge in [0, 0.05) is 11.0 Å². The quantitative estimate of drug-likeness (QED) is 0.495. The number of amides is 1. The number of esters is 1. The van der Waals surface area contributed by atoms with Crippen LogP contribution in [0.4, 0.5) is 0 Å². The molecule has 0 atom stereocenters. The van der Waals surface area contributed by atoms with Crippen molar-refractivity contribution in [3.05, 3.63) is 57.0 Å². The number of ether oxygens (including phenoxy) is 1. The highest BCUT2D eigenvalue weighted by atomic mass is 32.1. The Hall–Kier alpha value is -2.51. The van der Waals surface area contributed by atoms with Gasteiger partial charge in [-0.1, -0.05) is 29.5 Å². The Kier molecular flexibility index (Phi) is 5.80. The lowest BCUT2D eigenvalue weighted by Gasteiger charge is -2.06. The third kappa shape index (κ3) is 4.17. The number of hydrogen-bond donors (Lipinski definition) is 0. The zero-order valence-electron chi connectivity index (χ0n) is 14.5. The van der Waals surface area contributed by atoms with Crippen molar-refractivity contribution in [2.75, 3.05) is 6.61 Å². The number of aromatic nitrogens is 1. The molecular formula is C19H18N2O3S2. The van der Waals surface area contributed by atoms with Crippen molar-refractivity contribution in [2.24, 2.45) is 4.99 Å². The lowest BCUT2D eigenvalue weighted by Crippen LogP contribution is -2.23. The largest absolute Gasteiger partial charge is 0.465 e. The first-order chi connectivity index (χ1) is 12.6. The number of rotatable bonds is 5. The van der Waals surface area contributed by atoms with Gasteiger partial charge in [-0.25, -0.2) is 0 Å². The van der Waals surface area contributed by atoms with Gasteiger partial charge in [0.15, 0.2) is 4.80 Å². The van der Waals surface area contributed by atoms with E-state index in [9.17, 15) is 9.59 Å². The third-order valence-electron chi connectivity index (χ3n) is 3.63. The van der Waals surface area contributed by atoms with Gasteiger partial charge in [-0.15, -0.1) is 11.3 Å². The van der Waals surface area contributed by atoms with E-state index in [0.29, 0.717) is 11.4 Å². The summed E-state index contributed by atoms with van der Waals surface area (Å²) in [5.74, 6) is -0.710. The summed E-state index contributed by atoms with van der Waals surface area (Å²) in [5.41, 5.74) is 1.92. The molecule has 0 bridgehead atoms. The number of carbonyl (C=O) groups excluding carboxylic acids is 2. The van der Waals surface area contributed by atoms with Crippen LogP contribution < -0.4 is 4.80 Å². The van der Waals surface area contributed by atoms with Crippen LogP contribution in [-0.4, -0.2) is 23.1 Å². The monoisotopic (exact) mass is 386 g/mol. The smallest absolute Gasteiger partial charge is 0.326 e. The second kappa shape index (κ2) is 8.25. The van der Waals surface area contributed by atoms with E-state index in [1.54, 1.807) is 28.9 Å². The molecule has 0 spiro atoms. The van der Waals surface area contributed by atoms with Crippen molar-refractivity contribution < 1.29 is 14.3 Å². The predicted octanol–water partition coefficient (Wildman–Crippen LogP) is 3.78. The highest BCUT2D eigenvalue weighted by Crippen LogP contribution is 2.21. The molecule has 3 aromatic rings. The zero-order valence-corrected chi connectivity index (χ0v) is 16.1. The molecule has 0 saturated carbocycles. The van der Waals surface area contributed by atoms with Crippen molar-refractivity contribution in [3.63, 3.8) is 0 Å². The molecule has 0 N–H and O–H groups in total. The molecular weight excluding hydrogens is 368 g/mol. The molecule has 1 amide bonds. The van der Waals surface area contributed by atoms with E-state index in [1.165, 1.54) is 17.4 Å². The highest BCUT2D eigenvalue weighted by molar-refractivity contribution is 7.16. The van der Waals surface area contributed by atoms with E-state index in [2.05, 4.69) is 4.99 Å². The first-order valence-electron chi connectivity index (χ1n) is 8.13. The third-order valence-corrected chi connectivity index (χ3v) is 5.52. The zero-order chi connectivity index (χ0) is 18.5. The molecule has 0 aliphatic rings. The summed E-state index contributed by atoms with van der Waals surface area (Å²) in [7, 11) is 0. The van der Waals surface area contributed by atoms with Crippen LogP contribution >= 0.6 is 22.7 Å². The standard InChI is InChI=1S/C19H18N2O3S2/c1-3-24-17(23)12-21-18-13(2)6-4-8-15(18)26-19(21)20-16(22)10-9-14-7-5-11-25-14/h4-11H,3,12H2,1-2H3. The molecule has 134 valence electrons. The molecule has 3 rings (SSSR count). The number of fused-ring (bicyclic) bond motifs is 1. The van der Waals surface area contributed by atoms with Gasteiger partial charge in [0.05, 0.1) is 16.8 Å². The Bertz CT molecular complexity index is 1030. The van der Waals surface area contributed by atoms with Gasteiger partial charge in [-0.3, -0.25) is 9.59 Å². The van der Waals surface area contributed by atoms with Crippen molar-refractivity contribution in [1.29, 1.82) is 0 Å². The summed E-state index contributed by atoms with van der Waals surface area (Å²) in [5, 5.41) is 1.95. The van der Waals surface area contributed by atoms with Gasteiger partial charge < -0.3 is 9.30 Å². The Morgan fingerprint density at radius 3 is 2.85 bits per heavy atom. The molecule has 0 fully saturated rings. The number of thiazole rings is 1. The van der Waals surface area contributed by atoms with E-state index in [-0.39, 0.29) is 18.4 Å². The van der Waals surface area contributed by atoms with Crippen LogP contribution in [-0.2, 0) is 20.9 Å². The highest BCUT2D eigenvalue weighted by Gasteiger charge is 2.13. The fraction of sp³-hybridized carbons (Fsp3) is 0.211. The first kappa shape index (κ1) is 18.3. The molecule has 0 radical (unpaired) electrons. The van der Waals surface area contributed by atoms with Gasteiger partial charge in [0.2, 0.25) is 0 Å². The van der Waals surface area contributed by atoms with Gasteiger partial charge in [0.1, 0.15) is 6.54 Å². The SMILES string of the molecule is CCOC(=O)Cn1c(=NC(=O)C=Cc2cccs2)sc2cccc(C)c21. The first-order valence-corrected chi connectivity index (χ1v) is 9.83. The molecule has 2 heterocycles. The van der Waals surface area contributed by atoms with Crippen LogP contribution in [0.25, 0.3) is 16.3 Å². The Labute approximate surface area is 158 Å². The normalized spacial score (nSPS) is 12.2. The number of benzene rings is 1. The van der Waals surface area contributed by atoms with Crippen molar-refractivity contribution in [1.82, 2.24) is 4.57 Å². The molecule has 2 aromatic heterocycles. The molecule has 0 aliphatic heterocycles. The maximum Gasteiger partial charge on any atom is 0.326 e. The van der Waals surface area contributed by atoms with Crippen LogP contribution in [0.15, 0.2) is 46.8 Å². The fourth-order valence-electron chi connectivity index (χ4n) is 2.55. The molecule has 26 heavy (non-hydrogen) atoms. The average molecular weight is 386 g/mol. The minimum Gasteiger partial charge on any atom is -0.465 e. The second-order valence-corrected chi connectivity index (χ2v) is 7.48. The lowest BCUT2D eigenvalue weighted by molar-refractivity contribution is -0.143. The van der Waals surface area contributed by atoms with Crippen molar-refractivity contribution in [2.45, 2.75) is 20.4 Å². The molecule has 1 aromatic carbocycles. The number of aryl methyl sites for hydroxylation is 1. The lowest BCUT2D eigenvalue weighted by atomic mass is 10.2. The Morgan fingerprint density at radius 1 is 1.27 bits per heavy atom.